The lowest BCUT2D eigenvalue weighted by atomic mass is 10.0. The molecule has 1 aliphatic rings. The van der Waals surface area contributed by atoms with Crippen LogP contribution in [0.3, 0.4) is 0 Å². The summed E-state index contributed by atoms with van der Waals surface area (Å²) in [4.78, 5) is 11.9. The van der Waals surface area contributed by atoms with Crippen molar-refractivity contribution in [1.82, 2.24) is 9.78 Å². The Hall–Kier alpha value is -1.32. The number of carbonyl (C=O) groups is 1. The highest BCUT2D eigenvalue weighted by Gasteiger charge is 2.19. The number of amides is 1. The lowest BCUT2D eigenvalue weighted by Gasteiger charge is -2.13. The number of aromatic nitrogens is 2. The van der Waals surface area contributed by atoms with Crippen LogP contribution >= 0.6 is 0 Å². The summed E-state index contributed by atoms with van der Waals surface area (Å²) in [5, 5.41) is 7.16. The molecule has 94 valence electrons. The van der Waals surface area contributed by atoms with E-state index in [0.29, 0.717) is 12.3 Å². The molecule has 0 aliphatic heterocycles. The van der Waals surface area contributed by atoms with Gasteiger partial charge in [-0.15, -0.1) is 0 Å². The molecule has 1 N–H and O–H groups in total. The van der Waals surface area contributed by atoms with Crippen molar-refractivity contribution < 1.29 is 4.79 Å². The first-order chi connectivity index (χ1) is 8.16. The van der Waals surface area contributed by atoms with Crippen LogP contribution < -0.4 is 5.32 Å². The van der Waals surface area contributed by atoms with E-state index in [1.165, 1.54) is 25.7 Å². The van der Waals surface area contributed by atoms with E-state index in [1.54, 1.807) is 6.20 Å². The second kappa shape index (κ2) is 5.34. The number of carbonyl (C=O) groups excluding carboxylic acids is 1. The zero-order valence-corrected chi connectivity index (χ0v) is 10.6. The highest BCUT2D eigenvalue weighted by Crippen LogP contribution is 2.27. The van der Waals surface area contributed by atoms with Crippen molar-refractivity contribution >= 4 is 11.7 Å². The molecule has 17 heavy (non-hydrogen) atoms. The minimum absolute atomic E-state index is 0.124. The highest BCUT2D eigenvalue weighted by molar-refractivity contribution is 5.90. The molecule has 0 unspecified atom stereocenters. The molecule has 1 aromatic heterocycles. The van der Waals surface area contributed by atoms with E-state index in [0.717, 1.165) is 5.82 Å². The van der Waals surface area contributed by atoms with E-state index >= 15 is 0 Å². The number of nitrogens with one attached hydrogen (secondary N) is 1. The smallest absolute Gasteiger partial charge is 0.225 e. The molecule has 4 heteroatoms. The summed E-state index contributed by atoms with van der Waals surface area (Å²) < 4.78 is 1.84. The van der Waals surface area contributed by atoms with Gasteiger partial charge < -0.3 is 5.32 Å². The first kappa shape index (κ1) is 12.1. The summed E-state index contributed by atoms with van der Waals surface area (Å²) in [5.74, 6) is 1.52. The Bertz CT molecular complexity index is 378. The lowest BCUT2D eigenvalue weighted by molar-refractivity contribution is -0.117. The Labute approximate surface area is 102 Å². The predicted molar refractivity (Wildman–Crippen MR) is 67.8 cm³/mol. The van der Waals surface area contributed by atoms with Crippen LogP contribution in [-0.2, 0) is 4.79 Å². The summed E-state index contributed by atoms with van der Waals surface area (Å²) in [7, 11) is 0. The minimum atomic E-state index is 0.124. The van der Waals surface area contributed by atoms with Crippen LogP contribution in [0.1, 0.15) is 52.0 Å². The minimum Gasteiger partial charge on any atom is -0.311 e. The zero-order chi connectivity index (χ0) is 12.3. The standard InChI is InChI=1S/C13H21N3O/c1-10(2)16-12(7-8-14-16)15-13(17)9-11-5-3-4-6-11/h7-8,10-11H,3-6,9H2,1-2H3,(H,15,17). The fourth-order valence-electron chi connectivity index (χ4n) is 2.50. The Morgan fingerprint density at radius 1 is 1.53 bits per heavy atom. The van der Waals surface area contributed by atoms with Crippen molar-refractivity contribution in [2.45, 2.75) is 52.0 Å². The van der Waals surface area contributed by atoms with Crippen LogP contribution in [-0.4, -0.2) is 15.7 Å². The van der Waals surface area contributed by atoms with E-state index in [9.17, 15) is 4.79 Å². The van der Waals surface area contributed by atoms with Crippen LogP contribution in [0.4, 0.5) is 5.82 Å². The van der Waals surface area contributed by atoms with E-state index in [1.807, 2.05) is 10.7 Å². The van der Waals surface area contributed by atoms with Crippen LogP contribution in [0, 0.1) is 5.92 Å². The number of hydrogen-bond acceptors (Lipinski definition) is 2. The number of anilines is 1. The molecule has 1 fully saturated rings. The molecule has 1 saturated carbocycles. The summed E-state index contributed by atoms with van der Waals surface area (Å²) in [5.41, 5.74) is 0. The van der Waals surface area contributed by atoms with Crippen molar-refractivity contribution in [2.24, 2.45) is 5.92 Å². The van der Waals surface area contributed by atoms with E-state index in [2.05, 4.69) is 24.3 Å². The van der Waals surface area contributed by atoms with Gasteiger partial charge in [0.2, 0.25) is 5.91 Å². The quantitative estimate of drug-likeness (QED) is 0.872. The largest absolute Gasteiger partial charge is 0.311 e. The molecule has 0 bridgehead atoms. The van der Waals surface area contributed by atoms with E-state index < -0.39 is 0 Å². The van der Waals surface area contributed by atoms with Crippen LogP contribution in [0.5, 0.6) is 0 Å². The van der Waals surface area contributed by atoms with Gasteiger partial charge in [0, 0.05) is 18.5 Å². The molecule has 0 saturated heterocycles. The van der Waals surface area contributed by atoms with E-state index in [4.69, 9.17) is 0 Å². The molecule has 1 aliphatic carbocycles. The molecule has 1 amide bonds. The monoisotopic (exact) mass is 235 g/mol. The van der Waals surface area contributed by atoms with Crippen molar-refractivity contribution in [2.75, 3.05) is 5.32 Å². The molecule has 0 spiro atoms. The van der Waals surface area contributed by atoms with Gasteiger partial charge in [-0.3, -0.25) is 4.79 Å². The summed E-state index contributed by atoms with van der Waals surface area (Å²) >= 11 is 0. The number of nitrogens with zero attached hydrogens (tertiary/aromatic N) is 2. The van der Waals surface area contributed by atoms with Crippen LogP contribution in [0.25, 0.3) is 0 Å². The van der Waals surface area contributed by atoms with Gasteiger partial charge in [-0.1, -0.05) is 12.8 Å². The second-order valence-corrected chi connectivity index (χ2v) is 5.16. The molecular formula is C13H21N3O. The first-order valence-corrected chi connectivity index (χ1v) is 6.50. The van der Waals surface area contributed by atoms with Gasteiger partial charge in [-0.25, -0.2) is 4.68 Å². The SMILES string of the molecule is CC(C)n1nccc1NC(=O)CC1CCCC1. The van der Waals surface area contributed by atoms with Gasteiger partial charge in [-0.2, -0.15) is 5.10 Å². The molecule has 2 rings (SSSR count). The van der Waals surface area contributed by atoms with Gasteiger partial charge in [0.25, 0.3) is 0 Å². The lowest BCUT2D eigenvalue weighted by Crippen LogP contribution is -2.18. The van der Waals surface area contributed by atoms with Gasteiger partial charge in [0.1, 0.15) is 5.82 Å². The number of rotatable bonds is 4. The zero-order valence-electron chi connectivity index (χ0n) is 10.6. The van der Waals surface area contributed by atoms with Gasteiger partial charge in [0.05, 0.1) is 6.20 Å². The normalized spacial score (nSPS) is 16.6. The van der Waals surface area contributed by atoms with Gasteiger partial charge in [0.15, 0.2) is 0 Å². The maximum atomic E-state index is 11.9. The Morgan fingerprint density at radius 2 is 2.24 bits per heavy atom. The molecule has 0 atom stereocenters. The van der Waals surface area contributed by atoms with Crippen molar-refractivity contribution in [3.63, 3.8) is 0 Å². The fraction of sp³-hybridized carbons (Fsp3) is 0.692. The Kier molecular flexibility index (Phi) is 3.82. The van der Waals surface area contributed by atoms with Crippen LogP contribution in [0.15, 0.2) is 12.3 Å². The van der Waals surface area contributed by atoms with Crippen molar-refractivity contribution in [3.8, 4) is 0 Å². The topological polar surface area (TPSA) is 46.9 Å². The molecule has 0 radical (unpaired) electrons. The predicted octanol–water partition coefficient (Wildman–Crippen LogP) is 2.98. The van der Waals surface area contributed by atoms with Crippen molar-refractivity contribution in [1.29, 1.82) is 0 Å². The van der Waals surface area contributed by atoms with Gasteiger partial charge in [-0.05, 0) is 32.6 Å². The third kappa shape index (κ3) is 3.08. The molecule has 4 nitrogen and oxygen atoms in total. The van der Waals surface area contributed by atoms with E-state index in [-0.39, 0.29) is 11.9 Å². The molecule has 1 heterocycles. The average Bonchev–Trinajstić information content (AvgIpc) is 2.88. The maximum Gasteiger partial charge on any atom is 0.225 e. The first-order valence-electron chi connectivity index (χ1n) is 6.50. The fourth-order valence-corrected chi connectivity index (χ4v) is 2.50. The summed E-state index contributed by atoms with van der Waals surface area (Å²) in [6.45, 7) is 4.11. The average molecular weight is 235 g/mol. The summed E-state index contributed by atoms with van der Waals surface area (Å²) in [6, 6.07) is 2.12. The third-order valence-electron chi connectivity index (χ3n) is 3.38. The Morgan fingerprint density at radius 3 is 2.88 bits per heavy atom. The number of hydrogen-bond donors (Lipinski definition) is 1. The van der Waals surface area contributed by atoms with Gasteiger partial charge >= 0.3 is 0 Å². The molecular weight excluding hydrogens is 214 g/mol. The van der Waals surface area contributed by atoms with Crippen molar-refractivity contribution in [3.05, 3.63) is 12.3 Å². The molecule has 1 aromatic rings. The third-order valence-corrected chi connectivity index (χ3v) is 3.38. The second-order valence-electron chi connectivity index (χ2n) is 5.16. The van der Waals surface area contributed by atoms with Crippen LogP contribution in [0.2, 0.25) is 0 Å². The maximum absolute atomic E-state index is 11.9. The molecule has 0 aromatic carbocycles. The highest BCUT2D eigenvalue weighted by atomic mass is 16.1. The Balaban J connectivity index is 1.90. The summed E-state index contributed by atoms with van der Waals surface area (Å²) in [6.07, 6.45) is 7.35.